The minimum Gasteiger partial charge on any atom is -0.456 e. The number of nitrogens with zero attached hydrogens (tertiary/aromatic N) is 1. The third-order valence-corrected chi connectivity index (χ3v) is 3.17. The second-order valence-corrected chi connectivity index (χ2v) is 4.97. The van der Waals surface area contributed by atoms with Crippen molar-refractivity contribution in [1.29, 1.82) is 5.26 Å². The number of rotatable bonds is 4. The van der Waals surface area contributed by atoms with Crippen LogP contribution >= 0.6 is 0 Å². The predicted octanol–water partition coefficient (Wildman–Crippen LogP) is 3.93. The van der Waals surface area contributed by atoms with Crippen molar-refractivity contribution in [1.82, 2.24) is 0 Å². The van der Waals surface area contributed by atoms with Crippen LogP contribution in [0.15, 0.2) is 42.5 Å². The lowest BCUT2D eigenvalue weighted by molar-refractivity contribution is 0.480. The lowest BCUT2D eigenvalue weighted by Crippen LogP contribution is -1.97. The van der Waals surface area contributed by atoms with Crippen LogP contribution in [0.4, 0.5) is 0 Å². The maximum Gasteiger partial charge on any atom is 0.145 e. The van der Waals surface area contributed by atoms with E-state index in [4.69, 9.17) is 15.7 Å². The first-order valence-corrected chi connectivity index (χ1v) is 6.65. The molecule has 0 unspecified atom stereocenters. The molecule has 0 radical (unpaired) electrons. The van der Waals surface area contributed by atoms with E-state index in [1.807, 2.05) is 30.3 Å². The Hall–Kier alpha value is -2.31. The summed E-state index contributed by atoms with van der Waals surface area (Å²) >= 11 is 0. The fourth-order valence-corrected chi connectivity index (χ4v) is 1.93. The molecule has 2 aromatic rings. The Labute approximate surface area is 119 Å². The minimum absolute atomic E-state index is 0.415. The average molecular weight is 266 g/mol. The first kappa shape index (κ1) is 14.1. The summed E-state index contributed by atoms with van der Waals surface area (Å²) < 4.78 is 5.77. The molecule has 3 nitrogen and oxygen atoms in total. The molecule has 0 amide bonds. The summed E-state index contributed by atoms with van der Waals surface area (Å²) in [6.45, 7) is 4.71. The molecule has 0 spiro atoms. The smallest absolute Gasteiger partial charge is 0.145 e. The van der Waals surface area contributed by atoms with Crippen molar-refractivity contribution in [3.05, 3.63) is 59.2 Å². The van der Waals surface area contributed by atoms with Crippen molar-refractivity contribution in [3.8, 4) is 17.6 Å². The molecule has 0 saturated carbocycles. The van der Waals surface area contributed by atoms with Crippen LogP contribution in [0.2, 0.25) is 0 Å². The van der Waals surface area contributed by atoms with E-state index in [0.717, 1.165) is 11.3 Å². The first-order valence-electron chi connectivity index (χ1n) is 6.65. The summed E-state index contributed by atoms with van der Waals surface area (Å²) in [5.41, 5.74) is 8.25. The molecule has 2 N–H and O–H groups in total. The fraction of sp³-hybridized carbons (Fsp3) is 0.235. The molecule has 0 saturated heterocycles. The molecular formula is C17H18N2O. The van der Waals surface area contributed by atoms with Gasteiger partial charge in [-0.1, -0.05) is 32.0 Å². The molecule has 0 aromatic heterocycles. The predicted molar refractivity (Wildman–Crippen MR) is 79.7 cm³/mol. The van der Waals surface area contributed by atoms with Gasteiger partial charge in [0.2, 0.25) is 0 Å². The van der Waals surface area contributed by atoms with Gasteiger partial charge >= 0.3 is 0 Å². The first-order chi connectivity index (χ1) is 9.63. The lowest BCUT2D eigenvalue weighted by atomic mass is 10.0. The largest absolute Gasteiger partial charge is 0.456 e. The van der Waals surface area contributed by atoms with Crippen molar-refractivity contribution < 1.29 is 4.74 Å². The highest BCUT2D eigenvalue weighted by molar-refractivity contribution is 5.47. The molecule has 20 heavy (non-hydrogen) atoms. The van der Waals surface area contributed by atoms with Crippen molar-refractivity contribution in [2.24, 2.45) is 5.73 Å². The van der Waals surface area contributed by atoms with E-state index in [1.54, 1.807) is 12.1 Å². The highest BCUT2D eigenvalue weighted by atomic mass is 16.5. The van der Waals surface area contributed by atoms with Gasteiger partial charge in [-0.15, -0.1) is 0 Å². The molecule has 0 aliphatic heterocycles. The van der Waals surface area contributed by atoms with Crippen LogP contribution < -0.4 is 10.5 Å². The van der Waals surface area contributed by atoms with Gasteiger partial charge in [-0.3, -0.25) is 0 Å². The van der Waals surface area contributed by atoms with Crippen LogP contribution in [0.25, 0.3) is 0 Å². The Morgan fingerprint density at radius 3 is 2.40 bits per heavy atom. The van der Waals surface area contributed by atoms with Gasteiger partial charge in [-0.25, -0.2) is 0 Å². The van der Waals surface area contributed by atoms with Crippen molar-refractivity contribution in [2.75, 3.05) is 0 Å². The monoisotopic (exact) mass is 266 g/mol. The highest BCUT2D eigenvalue weighted by Crippen LogP contribution is 2.27. The summed E-state index contributed by atoms with van der Waals surface area (Å²) in [6.07, 6.45) is 0. The molecule has 0 aliphatic carbocycles. The van der Waals surface area contributed by atoms with E-state index in [2.05, 4.69) is 19.9 Å². The molecule has 2 rings (SSSR count). The summed E-state index contributed by atoms with van der Waals surface area (Å²) in [7, 11) is 0. The van der Waals surface area contributed by atoms with Gasteiger partial charge < -0.3 is 10.5 Å². The fourth-order valence-electron chi connectivity index (χ4n) is 1.93. The molecule has 0 aliphatic rings. The van der Waals surface area contributed by atoms with Gasteiger partial charge in [0.25, 0.3) is 0 Å². The summed E-state index contributed by atoms with van der Waals surface area (Å²) in [6, 6.07) is 15.5. The molecule has 2 aromatic carbocycles. The molecule has 0 atom stereocenters. The number of hydrogen-bond donors (Lipinski definition) is 1. The molecule has 3 heteroatoms. The van der Waals surface area contributed by atoms with Crippen LogP contribution in [0.5, 0.6) is 11.5 Å². The van der Waals surface area contributed by atoms with Crippen LogP contribution in [-0.2, 0) is 6.54 Å². The van der Waals surface area contributed by atoms with E-state index in [1.165, 1.54) is 5.56 Å². The number of ether oxygens (including phenoxy) is 1. The van der Waals surface area contributed by atoms with Crippen LogP contribution in [0.1, 0.15) is 36.5 Å². The Morgan fingerprint density at radius 2 is 1.85 bits per heavy atom. The Bertz CT molecular complexity index is 624. The van der Waals surface area contributed by atoms with Crippen molar-refractivity contribution in [3.63, 3.8) is 0 Å². The van der Waals surface area contributed by atoms with Gasteiger partial charge in [0, 0.05) is 6.54 Å². The van der Waals surface area contributed by atoms with Crippen molar-refractivity contribution in [2.45, 2.75) is 26.3 Å². The van der Waals surface area contributed by atoms with E-state index in [9.17, 15) is 0 Å². The van der Waals surface area contributed by atoms with Gasteiger partial charge in [-0.2, -0.15) is 5.26 Å². The Morgan fingerprint density at radius 1 is 1.15 bits per heavy atom. The average Bonchev–Trinajstić information content (AvgIpc) is 2.48. The number of nitriles is 1. The standard InChI is InChI=1S/C17H18N2O/c1-12(2)14-4-6-16(7-5-14)20-17-8-3-13(10-18)9-15(17)11-19/h3-9,12H,10,18H2,1-2H3. The number of hydrogen-bond acceptors (Lipinski definition) is 3. The minimum atomic E-state index is 0.415. The zero-order valence-electron chi connectivity index (χ0n) is 11.8. The van der Waals surface area contributed by atoms with Crippen LogP contribution in [-0.4, -0.2) is 0 Å². The van der Waals surface area contributed by atoms with Gasteiger partial charge in [0.05, 0.1) is 5.56 Å². The summed E-state index contributed by atoms with van der Waals surface area (Å²) in [5.74, 6) is 1.77. The van der Waals surface area contributed by atoms with Gasteiger partial charge in [-0.05, 0) is 41.3 Å². The quantitative estimate of drug-likeness (QED) is 0.912. The third-order valence-electron chi connectivity index (χ3n) is 3.17. The van der Waals surface area contributed by atoms with E-state index >= 15 is 0 Å². The van der Waals surface area contributed by atoms with E-state index in [-0.39, 0.29) is 0 Å². The maximum absolute atomic E-state index is 9.16. The van der Waals surface area contributed by atoms with Crippen LogP contribution in [0, 0.1) is 11.3 Å². The third kappa shape index (κ3) is 3.17. The molecule has 0 heterocycles. The maximum atomic E-state index is 9.16. The van der Waals surface area contributed by atoms with Gasteiger partial charge in [0.15, 0.2) is 0 Å². The molecule has 102 valence electrons. The second kappa shape index (κ2) is 6.23. The van der Waals surface area contributed by atoms with E-state index in [0.29, 0.717) is 23.8 Å². The molecule has 0 bridgehead atoms. The number of benzene rings is 2. The summed E-state index contributed by atoms with van der Waals surface area (Å²) in [5, 5.41) is 9.16. The van der Waals surface area contributed by atoms with Crippen molar-refractivity contribution >= 4 is 0 Å². The normalized spacial score (nSPS) is 10.3. The second-order valence-electron chi connectivity index (χ2n) is 4.97. The SMILES string of the molecule is CC(C)c1ccc(Oc2ccc(CN)cc2C#N)cc1. The van der Waals surface area contributed by atoms with E-state index < -0.39 is 0 Å². The van der Waals surface area contributed by atoms with Gasteiger partial charge in [0.1, 0.15) is 17.6 Å². The Kier molecular flexibility index (Phi) is 4.39. The zero-order chi connectivity index (χ0) is 14.5. The number of nitrogens with two attached hydrogens (primary N) is 1. The zero-order valence-corrected chi connectivity index (χ0v) is 11.8. The lowest BCUT2D eigenvalue weighted by Gasteiger charge is -2.10. The van der Waals surface area contributed by atoms with Crippen LogP contribution in [0.3, 0.4) is 0 Å². The highest BCUT2D eigenvalue weighted by Gasteiger charge is 2.06. The topological polar surface area (TPSA) is 59.0 Å². The molecule has 0 fully saturated rings. The molecular weight excluding hydrogens is 248 g/mol. The summed E-state index contributed by atoms with van der Waals surface area (Å²) in [4.78, 5) is 0. The Balaban J connectivity index is 2.23.